The molecule has 1 aliphatic carbocycles. The van der Waals surface area contributed by atoms with Crippen LogP contribution in [0.3, 0.4) is 0 Å². The van der Waals surface area contributed by atoms with E-state index in [1.165, 1.54) is 12.1 Å². The van der Waals surface area contributed by atoms with Gasteiger partial charge in [-0.2, -0.15) is 0 Å². The van der Waals surface area contributed by atoms with Gasteiger partial charge < -0.3 is 14.3 Å². The highest BCUT2D eigenvalue weighted by Crippen LogP contribution is 2.28. The molecule has 1 atom stereocenters. The molecule has 3 rings (SSSR count). The highest BCUT2D eigenvalue weighted by molar-refractivity contribution is 5.85. The van der Waals surface area contributed by atoms with Crippen LogP contribution in [0.1, 0.15) is 30.4 Å². The van der Waals surface area contributed by atoms with Gasteiger partial charge in [-0.25, -0.2) is 4.79 Å². The largest absolute Gasteiger partial charge is 0.508 e. The maximum atomic E-state index is 11.9. The predicted molar refractivity (Wildman–Crippen MR) is 85.2 cm³/mol. The third kappa shape index (κ3) is 3.28. The van der Waals surface area contributed by atoms with Crippen molar-refractivity contribution >= 4 is 16.9 Å². The van der Waals surface area contributed by atoms with E-state index < -0.39 is 5.63 Å². The van der Waals surface area contributed by atoms with Crippen molar-refractivity contribution in [3.8, 4) is 5.75 Å². The summed E-state index contributed by atoms with van der Waals surface area (Å²) in [5.41, 5.74) is 0.858. The lowest BCUT2D eigenvalue weighted by atomic mass is 10.1. The van der Waals surface area contributed by atoms with E-state index in [2.05, 4.69) is 6.08 Å². The van der Waals surface area contributed by atoms with Crippen molar-refractivity contribution in [2.45, 2.75) is 32.8 Å². The van der Waals surface area contributed by atoms with Gasteiger partial charge in [0.15, 0.2) is 0 Å². The van der Waals surface area contributed by atoms with Crippen molar-refractivity contribution in [2.24, 2.45) is 5.92 Å². The molecule has 1 aromatic carbocycles. The van der Waals surface area contributed by atoms with Gasteiger partial charge in [0, 0.05) is 22.6 Å². The van der Waals surface area contributed by atoms with Gasteiger partial charge in [0.2, 0.25) is 0 Å². The molecule has 5 heteroatoms. The van der Waals surface area contributed by atoms with Crippen LogP contribution in [0.25, 0.3) is 11.0 Å². The first-order chi connectivity index (χ1) is 11.0. The van der Waals surface area contributed by atoms with Crippen LogP contribution < -0.4 is 5.63 Å². The smallest absolute Gasteiger partial charge is 0.336 e. The lowest BCUT2D eigenvalue weighted by Crippen LogP contribution is -2.10. The number of carbonyl (C=O) groups excluding carboxylic acids is 1. The molecule has 0 radical (unpaired) electrons. The van der Waals surface area contributed by atoms with Gasteiger partial charge in [0.05, 0.1) is 6.42 Å². The molecule has 1 aliphatic rings. The number of carbonyl (C=O) groups is 1. The van der Waals surface area contributed by atoms with E-state index in [0.29, 0.717) is 28.5 Å². The number of aryl methyl sites for hydroxylation is 1. The van der Waals surface area contributed by atoms with Crippen molar-refractivity contribution in [1.29, 1.82) is 0 Å². The van der Waals surface area contributed by atoms with Gasteiger partial charge in [-0.1, -0.05) is 12.2 Å². The van der Waals surface area contributed by atoms with Crippen LogP contribution in [0.15, 0.2) is 39.6 Å². The fourth-order valence-corrected chi connectivity index (χ4v) is 2.83. The average molecular weight is 314 g/mol. The van der Waals surface area contributed by atoms with Gasteiger partial charge >= 0.3 is 11.6 Å². The molecule has 1 aromatic heterocycles. The number of rotatable bonds is 4. The van der Waals surface area contributed by atoms with Gasteiger partial charge in [0.25, 0.3) is 0 Å². The molecule has 120 valence electrons. The molecule has 0 spiro atoms. The Balaban J connectivity index is 1.79. The second-order valence-corrected chi connectivity index (χ2v) is 5.81. The first-order valence-electron chi connectivity index (χ1n) is 7.62. The summed E-state index contributed by atoms with van der Waals surface area (Å²) >= 11 is 0. The van der Waals surface area contributed by atoms with E-state index in [9.17, 15) is 14.7 Å². The van der Waals surface area contributed by atoms with E-state index in [-0.39, 0.29) is 24.2 Å². The van der Waals surface area contributed by atoms with E-state index in [0.717, 1.165) is 12.8 Å². The molecule has 5 nitrogen and oxygen atoms in total. The van der Waals surface area contributed by atoms with Crippen LogP contribution in [-0.4, -0.2) is 11.1 Å². The topological polar surface area (TPSA) is 76.7 Å². The molecule has 1 heterocycles. The number of hydrogen-bond acceptors (Lipinski definition) is 5. The monoisotopic (exact) mass is 314 g/mol. The Morgan fingerprint density at radius 1 is 1.43 bits per heavy atom. The Morgan fingerprint density at radius 3 is 3.00 bits per heavy atom. The zero-order valence-corrected chi connectivity index (χ0v) is 12.9. The average Bonchev–Trinajstić information content (AvgIpc) is 3.02. The molecule has 0 unspecified atom stereocenters. The standard InChI is InChI=1S/C18H18O5/c1-11-15(19)7-6-14-13(9-17(21)23-18(11)14)10-22-16(20)8-12-4-2-3-5-12/h2,4,6-7,9,12,19H,3,5,8,10H2,1H3/t12-/m0/s1. The van der Waals surface area contributed by atoms with Gasteiger partial charge in [0.1, 0.15) is 17.9 Å². The summed E-state index contributed by atoms with van der Waals surface area (Å²) in [5, 5.41) is 10.4. The Morgan fingerprint density at radius 2 is 2.26 bits per heavy atom. The van der Waals surface area contributed by atoms with Crippen LogP contribution >= 0.6 is 0 Å². The van der Waals surface area contributed by atoms with Crippen molar-refractivity contribution in [3.05, 3.63) is 51.9 Å². The molecule has 1 N–H and O–H groups in total. The zero-order chi connectivity index (χ0) is 16.4. The first kappa shape index (κ1) is 15.3. The van der Waals surface area contributed by atoms with Crippen molar-refractivity contribution < 1.29 is 19.1 Å². The fraction of sp³-hybridized carbons (Fsp3) is 0.333. The number of ether oxygens (including phenoxy) is 1. The normalized spacial score (nSPS) is 16.8. The lowest BCUT2D eigenvalue weighted by molar-refractivity contribution is -0.145. The maximum absolute atomic E-state index is 11.9. The molecule has 0 fully saturated rings. The Kier molecular flexibility index (Phi) is 4.19. The first-order valence-corrected chi connectivity index (χ1v) is 7.62. The minimum absolute atomic E-state index is 0.0155. The van der Waals surface area contributed by atoms with Gasteiger partial charge in [-0.15, -0.1) is 0 Å². The van der Waals surface area contributed by atoms with E-state index in [1.54, 1.807) is 13.0 Å². The molecule has 0 saturated carbocycles. The molecular formula is C18H18O5. The van der Waals surface area contributed by atoms with E-state index in [1.807, 2.05) is 6.08 Å². The van der Waals surface area contributed by atoms with Gasteiger partial charge in [-0.05, 0) is 37.8 Å². The lowest BCUT2D eigenvalue weighted by Gasteiger charge is -2.10. The second-order valence-electron chi connectivity index (χ2n) is 5.81. The fourth-order valence-electron chi connectivity index (χ4n) is 2.83. The third-order valence-electron chi connectivity index (χ3n) is 4.15. The quantitative estimate of drug-likeness (QED) is 0.533. The molecule has 0 saturated heterocycles. The van der Waals surface area contributed by atoms with Crippen LogP contribution in [-0.2, 0) is 16.1 Å². The summed E-state index contributed by atoms with van der Waals surface area (Å²) in [7, 11) is 0. The minimum atomic E-state index is -0.532. The molecule has 0 aliphatic heterocycles. The summed E-state index contributed by atoms with van der Waals surface area (Å²) in [6.45, 7) is 1.68. The number of benzene rings is 1. The summed E-state index contributed by atoms with van der Waals surface area (Å²) in [6.07, 6.45) is 6.45. The Labute approximate surface area is 133 Å². The highest BCUT2D eigenvalue weighted by Gasteiger charge is 2.16. The molecule has 0 amide bonds. The second kappa shape index (κ2) is 6.28. The predicted octanol–water partition coefficient (Wildman–Crippen LogP) is 3.21. The Bertz CT molecular complexity index is 831. The number of allylic oxidation sites excluding steroid dienone is 2. The van der Waals surface area contributed by atoms with E-state index >= 15 is 0 Å². The minimum Gasteiger partial charge on any atom is -0.508 e. The van der Waals surface area contributed by atoms with Crippen molar-refractivity contribution in [1.82, 2.24) is 0 Å². The molecule has 2 aromatic rings. The summed E-state index contributed by atoms with van der Waals surface area (Å²) in [6, 6.07) is 4.51. The number of phenols is 1. The number of aromatic hydroxyl groups is 1. The maximum Gasteiger partial charge on any atom is 0.336 e. The number of esters is 1. The summed E-state index contributed by atoms with van der Waals surface area (Å²) < 4.78 is 10.5. The molecule has 23 heavy (non-hydrogen) atoms. The van der Waals surface area contributed by atoms with Crippen molar-refractivity contribution in [2.75, 3.05) is 0 Å². The summed E-state index contributed by atoms with van der Waals surface area (Å²) in [4.78, 5) is 23.6. The highest BCUT2D eigenvalue weighted by atomic mass is 16.5. The molecule has 0 bridgehead atoms. The van der Waals surface area contributed by atoms with Crippen LogP contribution in [0.2, 0.25) is 0 Å². The number of hydrogen-bond donors (Lipinski definition) is 1. The van der Waals surface area contributed by atoms with Crippen LogP contribution in [0, 0.1) is 12.8 Å². The SMILES string of the molecule is Cc1c(O)ccc2c(COC(=O)C[C@H]3C=CCC3)cc(=O)oc12. The zero-order valence-electron chi connectivity index (χ0n) is 12.9. The number of phenolic OH excluding ortho intramolecular Hbond substituents is 1. The van der Waals surface area contributed by atoms with E-state index in [4.69, 9.17) is 9.15 Å². The Hall–Kier alpha value is -2.56. The third-order valence-corrected chi connectivity index (χ3v) is 4.15. The number of fused-ring (bicyclic) bond motifs is 1. The van der Waals surface area contributed by atoms with Crippen LogP contribution in [0.4, 0.5) is 0 Å². The van der Waals surface area contributed by atoms with Crippen molar-refractivity contribution in [3.63, 3.8) is 0 Å². The molecular weight excluding hydrogens is 296 g/mol. The van der Waals surface area contributed by atoms with Gasteiger partial charge in [-0.3, -0.25) is 4.79 Å². The van der Waals surface area contributed by atoms with Crippen LogP contribution in [0.5, 0.6) is 5.75 Å². The summed E-state index contributed by atoms with van der Waals surface area (Å²) in [5.74, 6) is 0.0283.